The van der Waals surface area contributed by atoms with Gasteiger partial charge in [-0.15, -0.1) is 0 Å². The van der Waals surface area contributed by atoms with E-state index >= 15 is 0 Å². The van der Waals surface area contributed by atoms with Crippen LogP contribution < -0.4 is 11.0 Å². The Kier molecular flexibility index (Phi) is 6.54. The molecule has 1 atom stereocenters. The highest BCUT2D eigenvalue weighted by Crippen LogP contribution is 2.21. The molecular weight excluding hydrogens is 475 g/mol. The number of unbranched alkanes of at least 4 members (excludes halogenated alkanes) is 1. The number of halogens is 1. The summed E-state index contributed by atoms with van der Waals surface area (Å²) in [7, 11) is 0. The average molecular weight is 507 g/mol. The lowest BCUT2D eigenvalue weighted by Crippen LogP contribution is -2.32. The van der Waals surface area contributed by atoms with Crippen molar-refractivity contribution in [1.29, 1.82) is 0 Å². The van der Waals surface area contributed by atoms with Crippen LogP contribution in [0.2, 0.25) is 0 Å². The number of nitrogens with zero attached hydrogens (tertiary/aromatic N) is 3. The van der Waals surface area contributed by atoms with Crippen LogP contribution in [0.5, 0.6) is 0 Å². The van der Waals surface area contributed by atoms with Gasteiger partial charge in [0.05, 0.1) is 30.2 Å². The third kappa shape index (κ3) is 4.74. The van der Waals surface area contributed by atoms with Crippen molar-refractivity contribution in [3.8, 4) is 0 Å². The number of benzene rings is 4. The van der Waals surface area contributed by atoms with Gasteiger partial charge in [-0.1, -0.05) is 67.9 Å². The number of aryl methyl sites for hydroxylation is 1. The summed E-state index contributed by atoms with van der Waals surface area (Å²) in [6, 6.07) is 27.8. The van der Waals surface area contributed by atoms with Crippen LogP contribution in [0.4, 0.5) is 4.39 Å². The van der Waals surface area contributed by atoms with Crippen LogP contribution in [0.25, 0.3) is 21.8 Å². The molecule has 0 saturated carbocycles. The summed E-state index contributed by atoms with van der Waals surface area (Å²) in [4.78, 5) is 18.3. The molecule has 2 heterocycles. The minimum Gasteiger partial charge on any atom is -0.365 e. The molecule has 1 N–H and O–H groups in total. The van der Waals surface area contributed by atoms with Crippen molar-refractivity contribution >= 4 is 27.6 Å². The average Bonchev–Trinajstić information content (AvgIpc) is 3.50. The first-order valence-electron chi connectivity index (χ1n) is 13.4. The number of aliphatic imine (C=N–C) groups is 1. The maximum absolute atomic E-state index is 13.5. The van der Waals surface area contributed by atoms with E-state index in [1.807, 2.05) is 10.6 Å². The topological polar surface area (TPSA) is 51.3 Å². The summed E-state index contributed by atoms with van der Waals surface area (Å²) in [5, 5.41) is 6.11. The lowest BCUT2D eigenvalue weighted by atomic mass is 10.0. The van der Waals surface area contributed by atoms with Gasteiger partial charge in [0.1, 0.15) is 11.7 Å². The Bertz CT molecular complexity index is 1700. The third-order valence-corrected chi connectivity index (χ3v) is 7.39. The zero-order chi connectivity index (χ0) is 26.1. The van der Waals surface area contributed by atoms with Crippen molar-refractivity contribution in [2.75, 3.05) is 6.54 Å². The van der Waals surface area contributed by atoms with E-state index < -0.39 is 0 Å². The summed E-state index contributed by atoms with van der Waals surface area (Å²) in [6.07, 6.45) is 2.83. The summed E-state index contributed by atoms with van der Waals surface area (Å²) >= 11 is 0. The Labute approximate surface area is 221 Å². The lowest BCUT2D eigenvalue weighted by molar-refractivity contribution is 0.605. The number of nitrogens with one attached hydrogen (secondary N) is 1. The monoisotopic (exact) mass is 506 g/mol. The second-order valence-electron chi connectivity index (χ2n) is 10.1. The molecule has 0 radical (unpaired) electrons. The van der Waals surface area contributed by atoms with Crippen molar-refractivity contribution < 1.29 is 4.39 Å². The molecule has 1 aliphatic heterocycles. The molecule has 6 heteroatoms. The number of hydrogen-bond donors (Lipinski definition) is 1. The standard InChI is InChI=1S/C32H31FN4O/c1-2-3-16-36-29-15-12-26(19-30(29)37(32(36)38)21-22-9-13-27(33)14-10-22)31-34-20-28(35-31)18-23-8-11-24-6-4-5-7-25(24)17-23/h4-15,17,19,28H,2-3,16,18,20-21H2,1H3,(H,34,35). The van der Waals surface area contributed by atoms with Crippen LogP contribution in [-0.2, 0) is 19.5 Å². The molecule has 38 heavy (non-hydrogen) atoms. The summed E-state index contributed by atoms with van der Waals surface area (Å²) in [5.74, 6) is 0.581. The van der Waals surface area contributed by atoms with Gasteiger partial charge in [-0.2, -0.15) is 0 Å². The minimum atomic E-state index is -0.280. The van der Waals surface area contributed by atoms with Gasteiger partial charge in [0.25, 0.3) is 0 Å². The molecule has 0 fully saturated rings. The van der Waals surface area contributed by atoms with Gasteiger partial charge in [-0.3, -0.25) is 14.1 Å². The van der Waals surface area contributed by atoms with Crippen LogP contribution in [0.1, 0.15) is 36.5 Å². The Morgan fingerprint density at radius 3 is 2.50 bits per heavy atom. The van der Waals surface area contributed by atoms with Crippen LogP contribution in [0.15, 0.2) is 94.7 Å². The first-order chi connectivity index (χ1) is 18.6. The molecule has 0 saturated heterocycles. The van der Waals surface area contributed by atoms with E-state index in [9.17, 15) is 9.18 Å². The van der Waals surface area contributed by atoms with Crippen LogP contribution in [0, 0.1) is 5.82 Å². The number of imidazole rings is 1. The normalized spacial score (nSPS) is 15.2. The zero-order valence-electron chi connectivity index (χ0n) is 21.5. The number of fused-ring (bicyclic) bond motifs is 2. The fourth-order valence-corrected chi connectivity index (χ4v) is 5.35. The number of rotatable bonds is 8. The maximum Gasteiger partial charge on any atom is 0.329 e. The SMILES string of the molecule is CCCCn1c(=O)n(Cc2ccc(F)cc2)c2cc(C3=NCC(Cc4ccc5ccccc5c4)N3)ccc21. The predicted molar refractivity (Wildman–Crippen MR) is 153 cm³/mol. The quantitative estimate of drug-likeness (QED) is 0.285. The van der Waals surface area contributed by atoms with Gasteiger partial charge < -0.3 is 5.32 Å². The fourth-order valence-electron chi connectivity index (χ4n) is 5.35. The van der Waals surface area contributed by atoms with Crippen LogP contribution >= 0.6 is 0 Å². The molecule has 0 amide bonds. The molecule has 1 aromatic heterocycles. The van der Waals surface area contributed by atoms with Crippen LogP contribution in [0.3, 0.4) is 0 Å². The van der Waals surface area contributed by atoms with Crippen molar-refractivity contribution in [3.63, 3.8) is 0 Å². The maximum atomic E-state index is 13.5. The largest absolute Gasteiger partial charge is 0.365 e. The summed E-state index contributed by atoms with van der Waals surface area (Å²) < 4.78 is 17.1. The Morgan fingerprint density at radius 1 is 0.895 bits per heavy atom. The minimum absolute atomic E-state index is 0.0366. The van der Waals surface area contributed by atoms with Crippen molar-refractivity contribution in [3.05, 3.63) is 118 Å². The van der Waals surface area contributed by atoms with E-state index in [1.165, 1.54) is 28.5 Å². The van der Waals surface area contributed by atoms with Crippen molar-refractivity contribution in [2.45, 2.75) is 45.3 Å². The third-order valence-electron chi connectivity index (χ3n) is 7.39. The predicted octanol–water partition coefficient (Wildman–Crippen LogP) is 5.90. The molecule has 5 aromatic rings. The van der Waals surface area contributed by atoms with E-state index in [-0.39, 0.29) is 17.5 Å². The highest BCUT2D eigenvalue weighted by molar-refractivity contribution is 6.02. The van der Waals surface area contributed by atoms with E-state index in [4.69, 9.17) is 4.99 Å². The molecule has 1 aliphatic rings. The second kappa shape index (κ2) is 10.3. The molecule has 1 unspecified atom stereocenters. The van der Waals surface area contributed by atoms with Gasteiger partial charge in [-0.25, -0.2) is 9.18 Å². The molecule has 4 aromatic carbocycles. The molecule has 5 nitrogen and oxygen atoms in total. The van der Waals surface area contributed by atoms with E-state index in [1.54, 1.807) is 16.7 Å². The van der Waals surface area contributed by atoms with E-state index in [2.05, 4.69) is 66.8 Å². The smallest absolute Gasteiger partial charge is 0.329 e. The highest BCUT2D eigenvalue weighted by atomic mass is 19.1. The van der Waals surface area contributed by atoms with Gasteiger partial charge >= 0.3 is 5.69 Å². The van der Waals surface area contributed by atoms with E-state index in [0.717, 1.165) is 47.3 Å². The Hall–Kier alpha value is -4.19. The molecule has 192 valence electrons. The number of aromatic nitrogens is 2. The van der Waals surface area contributed by atoms with E-state index in [0.29, 0.717) is 19.6 Å². The summed E-state index contributed by atoms with van der Waals surface area (Å²) in [6.45, 7) is 3.90. The molecule has 0 spiro atoms. The molecule has 0 bridgehead atoms. The Balaban J connectivity index is 1.27. The van der Waals surface area contributed by atoms with Gasteiger partial charge in [-0.05, 0) is 65.1 Å². The van der Waals surface area contributed by atoms with Crippen molar-refractivity contribution in [2.24, 2.45) is 4.99 Å². The fraction of sp³-hybridized carbons (Fsp3) is 0.250. The lowest BCUT2D eigenvalue weighted by Gasteiger charge is -2.13. The van der Waals surface area contributed by atoms with Crippen molar-refractivity contribution in [1.82, 2.24) is 14.5 Å². The zero-order valence-corrected chi connectivity index (χ0v) is 21.5. The molecular formula is C32H31FN4O. The first-order valence-corrected chi connectivity index (χ1v) is 13.4. The van der Waals surface area contributed by atoms with Gasteiger partial charge in [0.15, 0.2) is 0 Å². The second-order valence-corrected chi connectivity index (χ2v) is 10.1. The Morgan fingerprint density at radius 2 is 1.68 bits per heavy atom. The molecule has 6 rings (SSSR count). The number of hydrogen-bond acceptors (Lipinski definition) is 3. The van der Waals surface area contributed by atoms with Gasteiger partial charge in [0, 0.05) is 12.1 Å². The van der Waals surface area contributed by atoms with Gasteiger partial charge in [0.2, 0.25) is 0 Å². The first kappa shape index (κ1) is 24.2. The van der Waals surface area contributed by atoms with Crippen LogP contribution in [-0.4, -0.2) is 27.6 Å². The highest BCUT2D eigenvalue weighted by Gasteiger charge is 2.21. The molecule has 0 aliphatic carbocycles. The summed E-state index contributed by atoms with van der Waals surface area (Å²) in [5.41, 5.74) is 4.90. The number of amidine groups is 1.